The third kappa shape index (κ3) is 5.03. The second-order valence-electron chi connectivity index (χ2n) is 6.48. The van der Waals surface area contributed by atoms with Gasteiger partial charge in [0.25, 0.3) is 5.91 Å². The molecule has 1 heterocycles. The SMILES string of the molecule is O=C(NC1CCCN(CCc2ccccc2)C1)c1ccc(F)c(Cl)c1. The summed E-state index contributed by atoms with van der Waals surface area (Å²) in [4.78, 5) is 14.7. The summed E-state index contributed by atoms with van der Waals surface area (Å²) >= 11 is 5.76. The molecule has 1 atom stereocenters. The molecule has 0 saturated carbocycles. The topological polar surface area (TPSA) is 32.3 Å². The molecule has 1 N–H and O–H groups in total. The van der Waals surface area contributed by atoms with Crippen LogP contribution in [-0.2, 0) is 6.42 Å². The molecule has 2 aromatic rings. The van der Waals surface area contributed by atoms with Crippen LogP contribution in [0.3, 0.4) is 0 Å². The zero-order valence-corrected chi connectivity index (χ0v) is 14.8. The van der Waals surface area contributed by atoms with Gasteiger partial charge in [0.05, 0.1) is 5.02 Å². The van der Waals surface area contributed by atoms with Gasteiger partial charge in [-0.05, 0) is 49.6 Å². The van der Waals surface area contributed by atoms with Gasteiger partial charge in [0, 0.05) is 24.7 Å². The zero-order valence-electron chi connectivity index (χ0n) is 14.1. The predicted octanol–water partition coefficient (Wildman–Crippen LogP) is 3.92. The highest BCUT2D eigenvalue weighted by Crippen LogP contribution is 2.17. The van der Waals surface area contributed by atoms with Gasteiger partial charge in [-0.2, -0.15) is 0 Å². The van der Waals surface area contributed by atoms with E-state index in [1.165, 1.54) is 23.8 Å². The van der Waals surface area contributed by atoms with E-state index in [1.807, 2.05) is 6.07 Å². The van der Waals surface area contributed by atoms with Crippen molar-refractivity contribution >= 4 is 17.5 Å². The quantitative estimate of drug-likeness (QED) is 0.876. The van der Waals surface area contributed by atoms with Crippen molar-refractivity contribution in [1.29, 1.82) is 0 Å². The first-order chi connectivity index (χ1) is 12.1. The van der Waals surface area contributed by atoms with Gasteiger partial charge in [-0.25, -0.2) is 4.39 Å². The summed E-state index contributed by atoms with van der Waals surface area (Å²) < 4.78 is 13.2. The van der Waals surface area contributed by atoms with Crippen LogP contribution in [0.15, 0.2) is 48.5 Å². The first-order valence-electron chi connectivity index (χ1n) is 8.64. The van der Waals surface area contributed by atoms with E-state index in [2.05, 4.69) is 34.5 Å². The molecule has 0 spiro atoms. The van der Waals surface area contributed by atoms with Crippen molar-refractivity contribution in [2.24, 2.45) is 0 Å². The summed E-state index contributed by atoms with van der Waals surface area (Å²) in [5.41, 5.74) is 1.72. The molecule has 132 valence electrons. The molecule has 1 aliphatic heterocycles. The maximum Gasteiger partial charge on any atom is 0.251 e. The second-order valence-corrected chi connectivity index (χ2v) is 6.88. The van der Waals surface area contributed by atoms with E-state index in [0.29, 0.717) is 5.56 Å². The van der Waals surface area contributed by atoms with Crippen molar-refractivity contribution in [3.8, 4) is 0 Å². The Kier molecular flexibility index (Phi) is 6.05. The van der Waals surface area contributed by atoms with Crippen molar-refractivity contribution in [1.82, 2.24) is 10.2 Å². The van der Waals surface area contributed by atoms with Crippen molar-refractivity contribution < 1.29 is 9.18 Å². The lowest BCUT2D eigenvalue weighted by Gasteiger charge is -2.33. The highest BCUT2D eigenvalue weighted by Gasteiger charge is 2.22. The Bertz CT molecular complexity index is 723. The number of hydrogen-bond donors (Lipinski definition) is 1. The summed E-state index contributed by atoms with van der Waals surface area (Å²) in [5, 5.41) is 3.02. The molecule has 0 bridgehead atoms. The monoisotopic (exact) mass is 360 g/mol. The number of halogens is 2. The molecule has 2 aromatic carbocycles. The number of piperidine rings is 1. The number of carbonyl (C=O) groups is 1. The second kappa shape index (κ2) is 8.45. The molecule has 0 radical (unpaired) electrons. The fourth-order valence-corrected chi connectivity index (χ4v) is 3.39. The van der Waals surface area contributed by atoms with Crippen LogP contribution in [0.1, 0.15) is 28.8 Å². The zero-order chi connectivity index (χ0) is 17.6. The lowest BCUT2D eigenvalue weighted by atomic mass is 10.0. The molecule has 1 unspecified atom stereocenters. The third-order valence-corrected chi connectivity index (χ3v) is 4.87. The Morgan fingerprint density at radius 1 is 1.24 bits per heavy atom. The van der Waals surface area contributed by atoms with Crippen molar-refractivity contribution in [2.45, 2.75) is 25.3 Å². The van der Waals surface area contributed by atoms with Gasteiger partial charge in [-0.15, -0.1) is 0 Å². The lowest BCUT2D eigenvalue weighted by Crippen LogP contribution is -2.48. The van der Waals surface area contributed by atoms with Crippen LogP contribution in [0.5, 0.6) is 0 Å². The molecular weight excluding hydrogens is 339 g/mol. The number of nitrogens with one attached hydrogen (secondary N) is 1. The van der Waals surface area contributed by atoms with Crippen LogP contribution in [0.2, 0.25) is 5.02 Å². The summed E-state index contributed by atoms with van der Waals surface area (Å²) in [5.74, 6) is -0.709. The van der Waals surface area contributed by atoms with Crippen LogP contribution in [0.4, 0.5) is 4.39 Å². The Labute approximate surface area is 152 Å². The van der Waals surface area contributed by atoms with E-state index in [0.717, 1.165) is 38.9 Å². The van der Waals surface area contributed by atoms with Crippen LogP contribution < -0.4 is 5.32 Å². The van der Waals surface area contributed by atoms with E-state index in [-0.39, 0.29) is 17.0 Å². The molecule has 3 nitrogen and oxygen atoms in total. The van der Waals surface area contributed by atoms with E-state index >= 15 is 0 Å². The number of nitrogens with zero attached hydrogens (tertiary/aromatic N) is 1. The molecule has 3 rings (SSSR count). The molecule has 1 fully saturated rings. The summed E-state index contributed by atoms with van der Waals surface area (Å²) in [6, 6.07) is 14.6. The van der Waals surface area contributed by atoms with Crippen LogP contribution in [-0.4, -0.2) is 36.5 Å². The minimum atomic E-state index is -0.511. The van der Waals surface area contributed by atoms with Crippen LogP contribution in [0, 0.1) is 5.82 Å². The van der Waals surface area contributed by atoms with Gasteiger partial charge in [0.2, 0.25) is 0 Å². The summed E-state index contributed by atoms with van der Waals surface area (Å²) in [6.45, 7) is 2.88. The van der Waals surface area contributed by atoms with Gasteiger partial charge < -0.3 is 10.2 Å². The largest absolute Gasteiger partial charge is 0.348 e. The summed E-state index contributed by atoms with van der Waals surface area (Å²) in [7, 11) is 0. The summed E-state index contributed by atoms with van der Waals surface area (Å²) in [6.07, 6.45) is 3.03. The van der Waals surface area contributed by atoms with E-state index in [1.54, 1.807) is 0 Å². The van der Waals surface area contributed by atoms with E-state index in [4.69, 9.17) is 11.6 Å². The number of hydrogen-bond acceptors (Lipinski definition) is 2. The normalized spacial score (nSPS) is 18.1. The standard InChI is InChI=1S/C20H22ClFN2O/c21-18-13-16(8-9-19(18)22)20(25)23-17-7-4-11-24(14-17)12-10-15-5-2-1-3-6-15/h1-3,5-6,8-9,13,17H,4,7,10-12,14H2,(H,23,25). The average Bonchev–Trinajstić information content (AvgIpc) is 2.63. The van der Waals surface area contributed by atoms with Gasteiger partial charge in [-0.1, -0.05) is 41.9 Å². The number of likely N-dealkylation sites (tertiary alicyclic amines) is 1. The molecule has 1 amide bonds. The maximum absolute atomic E-state index is 13.2. The molecule has 1 saturated heterocycles. The molecule has 0 aliphatic carbocycles. The Balaban J connectivity index is 1.52. The van der Waals surface area contributed by atoms with Crippen molar-refractivity contribution in [3.63, 3.8) is 0 Å². The molecule has 1 aliphatic rings. The smallest absolute Gasteiger partial charge is 0.251 e. The molecule has 0 aromatic heterocycles. The Morgan fingerprint density at radius 2 is 2.04 bits per heavy atom. The highest BCUT2D eigenvalue weighted by atomic mass is 35.5. The first kappa shape index (κ1) is 17.9. The number of carbonyl (C=O) groups excluding carboxylic acids is 1. The average molecular weight is 361 g/mol. The number of benzene rings is 2. The maximum atomic E-state index is 13.2. The van der Waals surface area contributed by atoms with Crippen molar-refractivity contribution in [2.75, 3.05) is 19.6 Å². The molecule has 25 heavy (non-hydrogen) atoms. The Hall–Kier alpha value is -1.91. The van der Waals surface area contributed by atoms with Gasteiger partial charge in [0.1, 0.15) is 5.82 Å². The van der Waals surface area contributed by atoms with Gasteiger partial charge in [0.15, 0.2) is 0 Å². The van der Waals surface area contributed by atoms with Crippen LogP contribution >= 0.6 is 11.6 Å². The number of amides is 1. The molecule has 5 heteroatoms. The van der Waals surface area contributed by atoms with Gasteiger partial charge in [-0.3, -0.25) is 4.79 Å². The number of rotatable bonds is 5. The fraction of sp³-hybridized carbons (Fsp3) is 0.350. The van der Waals surface area contributed by atoms with Gasteiger partial charge >= 0.3 is 0 Å². The fourth-order valence-electron chi connectivity index (χ4n) is 3.21. The van der Waals surface area contributed by atoms with Crippen LogP contribution in [0.25, 0.3) is 0 Å². The minimum absolute atomic E-state index is 0.0271. The Morgan fingerprint density at radius 3 is 2.80 bits per heavy atom. The molecular formula is C20H22ClFN2O. The minimum Gasteiger partial charge on any atom is -0.348 e. The van der Waals surface area contributed by atoms with E-state index in [9.17, 15) is 9.18 Å². The highest BCUT2D eigenvalue weighted by molar-refractivity contribution is 6.31. The first-order valence-corrected chi connectivity index (χ1v) is 9.02. The van der Waals surface area contributed by atoms with Crippen molar-refractivity contribution in [3.05, 3.63) is 70.5 Å². The third-order valence-electron chi connectivity index (χ3n) is 4.58. The predicted molar refractivity (Wildman–Crippen MR) is 98.5 cm³/mol. The lowest BCUT2D eigenvalue weighted by molar-refractivity contribution is 0.0904. The van der Waals surface area contributed by atoms with E-state index < -0.39 is 5.82 Å².